The largest absolute Gasteiger partial charge is 0.311 e. The maximum Gasteiger partial charge on any atom is 0.138 e. The molecule has 0 spiro atoms. The van der Waals surface area contributed by atoms with Crippen LogP contribution in [0.3, 0.4) is 0 Å². The highest BCUT2D eigenvalue weighted by Gasteiger charge is 2.35. The van der Waals surface area contributed by atoms with Crippen LogP contribution in [0, 0.1) is 0 Å². The standard InChI is InChI=1S/C17H22ClN5/c1-22(16-7-14-4-5-15(8-16)21-14)9-12-2-3-13(18)6-17(12)23-11-19-10-20-23/h2-3,6,10-11,14-16,21H,4-5,7-9H2,1H3. The lowest BCUT2D eigenvalue weighted by atomic mass is 9.98. The van der Waals surface area contributed by atoms with E-state index in [0.29, 0.717) is 18.1 Å². The maximum absolute atomic E-state index is 6.18. The Labute approximate surface area is 141 Å². The predicted octanol–water partition coefficient (Wildman–Crippen LogP) is 2.64. The van der Waals surface area contributed by atoms with Crippen molar-refractivity contribution in [2.24, 2.45) is 0 Å². The van der Waals surface area contributed by atoms with Crippen LogP contribution < -0.4 is 5.32 Å². The number of hydrogen-bond acceptors (Lipinski definition) is 4. The van der Waals surface area contributed by atoms with E-state index in [-0.39, 0.29) is 0 Å². The molecule has 2 saturated heterocycles. The van der Waals surface area contributed by atoms with E-state index in [4.69, 9.17) is 11.6 Å². The van der Waals surface area contributed by atoms with E-state index >= 15 is 0 Å². The molecular weight excluding hydrogens is 310 g/mol. The molecule has 6 heteroatoms. The van der Waals surface area contributed by atoms with E-state index in [1.807, 2.05) is 12.1 Å². The summed E-state index contributed by atoms with van der Waals surface area (Å²) in [6, 6.07) is 8.09. The van der Waals surface area contributed by atoms with Crippen LogP contribution in [-0.4, -0.2) is 44.8 Å². The highest BCUT2D eigenvalue weighted by Crippen LogP contribution is 2.30. The summed E-state index contributed by atoms with van der Waals surface area (Å²) >= 11 is 6.18. The van der Waals surface area contributed by atoms with Crippen molar-refractivity contribution in [3.05, 3.63) is 41.4 Å². The van der Waals surface area contributed by atoms with E-state index in [9.17, 15) is 0 Å². The van der Waals surface area contributed by atoms with Crippen LogP contribution in [0.4, 0.5) is 0 Å². The third-order valence-corrected chi connectivity index (χ3v) is 5.44. The van der Waals surface area contributed by atoms with Gasteiger partial charge in [-0.15, -0.1) is 0 Å². The van der Waals surface area contributed by atoms with Crippen molar-refractivity contribution in [1.29, 1.82) is 0 Å². The first-order valence-corrected chi connectivity index (χ1v) is 8.66. The quantitative estimate of drug-likeness (QED) is 0.935. The normalized spacial score (nSPS) is 26.8. The molecule has 2 unspecified atom stereocenters. The van der Waals surface area contributed by atoms with Gasteiger partial charge in [0.15, 0.2) is 0 Å². The van der Waals surface area contributed by atoms with Crippen LogP contribution in [0.25, 0.3) is 5.69 Å². The number of rotatable bonds is 4. The fourth-order valence-corrected chi connectivity index (χ4v) is 4.17. The van der Waals surface area contributed by atoms with Gasteiger partial charge < -0.3 is 5.32 Å². The zero-order chi connectivity index (χ0) is 15.8. The van der Waals surface area contributed by atoms with Crippen molar-refractivity contribution in [3.8, 4) is 5.69 Å². The number of nitrogens with zero attached hydrogens (tertiary/aromatic N) is 4. The molecule has 3 heterocycles. The lowest BCUT2D eigenvalue weighted by Crippen LogP contribution is -2.46. The van der Waals surface area contributed by atoms with Crippen molar-refractivity contribution in [1.82, 2.24) is 25.0 Å². The van der Waals surface area contributed by atoms with Gasteiger partial charge in [0.25, 0.3) is 0 Å². The number of piperidine rings is 1. The van der Waals surface area contributed by atoms with Crippen LogP contribution in [0.15, 0.2) is 30.9 Å². The number of hydrogen-bond donors (Lipinski definition) is 1. The summed E-state index contributed by atoms with van der Waals surface area (Å²) in [7, 11) is 2.23. The summed E-state index contributed by atoms with van der Waals surface area (Å²) in [5.74, 6) is 0. The number of nitrogens with one attached hydrogen (secondary N) is 1. The molecule has 1 aromatic carbocycles. The third kappa shape index (κ3) is 3.13. The van der Waals surface area contributed by atoms with Gasteiger partial charge in [0.05, 0.1) is 5.69 Å². The van der Waals surface area contributed by atoms with Crippen LogP contribution >= 0.6 is 11.6 Å². The lowest BCUT2D eigenvalue weighted by Gasteiger charge is -2.35. The van der Waals surface area contributed by atoms with Crippen molar-refractivity contribution in [3.63, 3.8) is 0 Å². The van der Waals surface area contributed by atoms with E-state index in [1.165, 1.54) is 31.2 Å². The van der Waals surface area contributed by atoms with Crippen molar-refractivity contribution in [2.45, 2.75) is 50.4 Å². The minimum atomic E-state index is 0.646. The Kier molecular flexibility index (Phi) is 4.09. The third-order valence-electron chi connectivity index (χ3n) is 5.20. The first-order chi connectivity index (χ1) is 11.2. The second-order valence-corrected chi connectivity index (χ2v) is 7.23. The molecule has 4 rings (SSSR count). The molecule has 1 aromatic heterocycles. The van der Waals surface area contributed by atoms with Crippen molar-refractivity contribution < 1.29 is 0 Å². The van der Waals surface area contributed by atoms with Crippen molar-refractivity contribution in [2.75, 3.05) is 7.05 Å². The average molecular weight is 332 g/mol. The molecule has 5 nitrogen and oxygen atoms in total. The van der Waals surface area contributed by atoms with Gasteiger partial charge in [-0.05, 0) is 50.4 Å². The van der Waals surface area contributed by atoms with Gasteiger partial charge >= 0.3 is 0 Å². The summed E-state index contributed by atoms with van der Waals surface area (Å²) < 4.78 is 1.79. The number of benzene rings is 1. The minimum Gasteiger partial charge on any atom is -0.311 e. The molecule has 1 N–H and O–H groups in total. The van der Waals surface area contributed by atoms with Crippen LogP contribution in [-0.2, 0) is 6.54 Å². The Morgan fingerprint density at radius 2 is 2.09 bits per heavy atom. The van der Waals surface area contributed by atoms with E-state index < -0.39 is 0 Å². The minimum absolute atomic E-state index is 0.646. The molecule has 0 radical (unpaired) electrons. The van der Waals surface area contributed by atoms with Gasteiger partial charge in [-0.3, -0.25) is 4.90 Å². The molecule has 0 aliphatic carbocycles. The molecular formula is C17H22ClN5. The molecule has 0 saturated carbocycles. The Morgan fingerprint density at radius 1 is 1.30 bits per heavy atom. The van der Waals surface area contributed by atoms with Gasteiger partial charge in [-0.1, -0.05) is 17.7 Å². The number of aromatic nitrogens is 3. The Bertz CT molecular complexity index is 660. The molecule has 2 atom stereocenters. The topological polar surface area (TPSA) is 46.0 Å². The molecule has 2 bridgehead atoms. The van der Waals surface area contributed by atoms with Crippen molar-refractivity contribution >= 4 is 11.6 Å². The fraction of sp³-hybridized carbons (Fsp3) is 0.529. The van der Waals surface area contributed by atoms with Crippen LogP contribution in [0.1, 0.15) is 31.2 Å². The van der Waals surface area contributed by atoms with Gasteiger partial charge in [-0.2, -0.15) is 5.10 Å². The summed E-state index contributed by atoms with van der Waals surface area (Å²) in [5.41, 5.74) is 2.24. The lowest BCUT2D eigenvalue weighted by molar-refractivity contribution is 0.166. The van der Waals surface area contributed by atoms with E-state index in [1.54, 1.807) is 17.3 Å². The zero-order valence-corrected chi connectivity index (χ0v) is 14.1. The van der Waals surface area contributed by atoms with Crippen LogP contribution in [0.2, 0.25) is 5.02 Å². The highest BCUT2D eigenvalue weighted by molar-refractivity contribution is 6.30. The first-order valence-electron chi connectivity index (χ1n) is 8.29. The summed E-state index contributed by atoms with van der Waals surface area (Å²) in [6.07, 6.45) is 8.44. The maximum atomic E-state index is 6.18. The number of fused-ring (bicyclic) bond motifs is 2. The smallest absolute Gasteiger partial charge is 0.138 e. The molecule has 122 valence electrons. The second kappa shape index (κ2) is 6.23. The summed E-state index contributed by atoms with van der Waals surface area (Å²) in [5, 5.41) is 8.70. The monoisotopic (exact) mass is 331 g/mol. The van der Waals surface area contributed by atoms with Gasteiger partial charge in [0, 0.05) is 29.7 Å². The first kappa shape index (κ1) is 15.1. The van der Waals surface area contributed by atoms with Crippen LogP contribution in [0.5, 0.6) is 0 Å². The fourth-order valence-electron chi connectivity index (χ4n) is 4.00. The predicted molar refractivity (Wildman–Crippen MR) is 90.8 cm³/mol. The Hall–Kier alpha value is -1.43. The second-order valence-electron chi connectivity index (χ2n) is 6.79. The average Bonchev–Trinajstić information content (AvgIpc) is 3.19. The molecule has 2 aliphatic heterocycles. The molecule has 2 aromatic rings. The SMILES string of the molecule is CN(Cc1ccc(Cl)cc1-n1cncn1)C1CC2CCC(C1)N2. The van der Waals surface area contributed by atoms with Gasteiger partial charge in [0.2, 0.25) is 0 Å². The van der Waals surface area contributed by atoms with E-state index in [0.717, 1.165) is 17.3 Å². The molecule has 2 fully saturated rings. The number of halogens is 1. The van der Waals surface area contributed by atoms with Gasteiger partial charge in [-0.25, -0.2) is 9.67 Å². The summed E-state index contributed by atoms with van der Waals surface area (Å²) in [6.45, 7) is 0.899. The highest BCUT2D eigenvalue weighted by atomic mass is 35.5. The molecule has 0 amide bonds. The Morgan fingerprint density at radius 3 is 2.78 bits per heavy atom. The summed E-state index contributed by atoms with van der Waals surface area (Å²) in [4.78, 5) is 6.54. The molecule has 23 heavy (non-hydrogen) atoms. The van der Waals surface area contributed by atoms with Gasteiger partial charge in [0.1, 0.15) is 12.7 Å². The Balaban J connectivity index is 1.54. The zero-order valence-electron chi connectivity index (χ0n) is 13.3. The van der Waals surface area contributed by atoms with E-state index in [2.05, 4.69) is 33.4 Å². The molecule has 2 aliphatic rings.